The van der Waals surface area contributed by atoms with Gasteiger partial charge < -0.3 is 4.42 Å². The molecule has 2 aromatic rings. The van der Waals surface area contributed by atoms with E-state index in [1.807, 2.05) is 31.2 Å². The highest BCUT2D eigenvalue weighted by molar-refractivity contribution is 7.88. The molecule has 0 aliphatic heterocycles. The van der Waals surface area contributed by atoms with Crippen molar-refractivity contribution < 1.29 is 12.8 Å². The van der Waals surface area contributed by atoms with Crippen molar-refractivity contribution >= 4 is 10.0 Å². The molecule has 0 amide bonds. The van der Waals surface area contributed by atoms with Gasteiger partial charge in [-0.3, -0.25) is 0 Å². The number of hydrogen-bond acceptors (Lipinski definition) is 5. The highest BCUT2D eigenvalue weighted by Crippen LogP contribution is 2.21. The molecule has 0 unspecified atom stereocenters. The van der Waals surface area contributed by atoms with Crippen molar-refractivity contribution in [3.05, 3.63) is 35.7 Å². The molecule has 18 heavy (non-hydrogen) atoms. The van der Waals surface area contributed by atoms with Crippen LogP contribution in [-0.2, 0) is 16.6 Å². The lowest BCUT2D eigenvalue weighted by molar-refractivity contribution is 0.495. The molecule has 1 aromatic heterocycles. The molecule has 1 aromatic carbocycles. The minimum atomic E-state index is -3.26. The van der Waals surface area contributed by atoms with E-state index >= 15 is 0 Å². The Labute approximate surface area is 105 Å². The molecule has 6 nitrogen and oxygen atoms in total. The average Bonchev–Trinajstić information content (AvgIpc) is 2.75. The highest BCUT2D eigenvalue weighted by Gasteiger charge is 2.11. The molecule has 0 saturated carbocycles. The van der Waals surface area contributed by atoms with Crippen molar-refractivity contribution in [2.75, 3.05) is 6.26 Å². The minimum Gasteiger partial charge on any atom is -0.419 e. The first-order valence-electron chi connectivity index (χ1n) is 5.29. The summed E-state index contributed by atoms with van der Waals surface area (Å²) in [6.07, 6.45) is 1.08. The summed E-state index contributed by atoms with van der Waals surface area (Å²) in [5.41, 5.74) is 1.86. The Morgan fingerprint density at radius 1 is 1.28 bits per heavy atom. The van der Waals surface area contributed by atoms with Gasteiger partial charge in [-0.2, -0.15) is 0 Å². The first-order valence-corrected chi connectivity index (χ1v) is 7.18. The number of sulfonamides is 1. The van der Waals surface area contributed by atoms with Gasteiger partial charge in [0.2, 0.25) is 21.8 Å². The fraction of sp³-hybridized carbons (Fsp3) is 0.273. The van der Waals surface area contributed by atoms with Crippen LogP contribution in [0.25, 0.3) is 11.5 Å². The number of nitrogens with zero attached hydrogens (tertiary/aromatic N) is 2. The summed E-state index contributed by atoms with van der Waals surface area (Å²) in [5, 5.41) is 7.69. The molecule has 2 rings (SSSR count). The van der Waals surface area contributed by atoms with Crippen molar-refractivity contribution in [3.8, 4) is 11.5 Å². The number of hydrogen-bond donors (Lipinski definition) is 1. The van der Waals surface area contributed by atoms with Crippen LogP contribution >= 0.6 is 0 Å². The van der Waals surface area contributed by atoms with Crippen LogP contribution < -0.4 is 4.72 Å². The standard InChI is InChI=1S/C11H13N3O3S/c1-8-5-3-4-6-9(8)11-14-13-10(17-11)7-12-18(2,15)16/h3-6,12H,7H2,1-2H3. The molecule has 0 atom stereocenters. The molecule has 0 fully saturated rings. The summed E-state index contributed by atoms with van der Waals surface area (Å²) < 4.78 is 29.6. The zero-order valence-electron chi connectivity index (χ0n) is 10.0. The summed E-state index contributed by atoms with van der Waals surface area (Å²) in [6.45, 7) is 1.94. The first-order chi connectivity index (χ1) is 8.46. The zero-order chi connectivity index (χ0) is 13.2. The molecule has 0 spiro atoms. The Hall–Kier alpha value is -1.73. The minimum absolute atomic E-state index is 0.00227. The lowest BCUT2D eigenvalue weighted by Crippen LogP contribution is -2.21. The van der Waals surface area contributed by atoms with Gasteiger partial charge in [-0.1, -0.05) is 18.2 Å². The van der Waals surface area contributed by atoms with Crippen LogP contribution in [0.3, 0.4) is 0 Å². The summed E-state index contributed by atoms with van der Waals surface area (Å²) >= 11 is 0. The van der Waals surface area contributed by atoms with Gasteiger partial charge in [0.15, 0.2) is 0 Å². The lowest BCUT2D eigenvalue weighted by atomic mass is 10.1. The van der Waals surface area contributed by atoms with Gasteiger partial charge in [0.05, 0.1) is 12.8 Å². The Kier molecular flexibility index (Phi) is 3.44. The van der Waals surface area contributed by atoms with Gasteiger partial charge in [0.1, 0.15) is 0 Å². The van der Waals surface area contributed by atoms with E-state index < -0.39 is 10.0 Å². The van der Waals surface area contributed by atoms with Crippen LogP contribution in [0, 0.1) is 6.92 Å². The molecule has 1 heterocycles. The van der Waals surface area contributed by atoms with Crippen molar-refractivity contribution in [1.82, 2.24) is 14.9 Å². The second kappa shape index (κ2) is 4.87. The van der Waals surface area contributed by atoms with Gasteiger partial charge >= 0.3 is 0 Å². The maximum Gasteiger partial charge on any atom is 0.248 e. The first kappa shape index (κ1) is 12.7. The van der Waals surface area contributed by atoms with Crippen LogP contribution in [0.1, 0.15) is 11.5 Å². The summed E-state index contributed by atoms with van der Waals surface area (Å²) in [5.74, 6) is 0.622. The third-order valence-electron chi connectivity index (χ3n) is 2.33. The Balaban J connectivity index is 2.19. The number of nitrogens with one attached hydrogen (secondary N) is 1. The molecule has 0 saturated heterocycles. The quantitative estimate of drug-likeness (QED) is 0.896. The smallest absolute Gasteiger partial charge is 0.248 e. The maximum absolute atomic E-state index is 10.9. The SMILES string of the molecule is Cc1ccccc1-c1nnc(CNS(C)(=O)=O)o1. The average molecular weight is 267 g/mol. The molecular weight excluding hydrogens is 254 g/mol. The number of rotatable bonds is 4. The van der Waals surface area contributed by atoms with E-state index in [2.05, 4.69) is 14.9 Å². The van der Waals surface area contributed by atoms with Gasteiger partial charge in [-0.15, -0.1) is 10.2 Å². The number of aryl methyl sites for hydroxylation is 1. The summed E-state index contributed by atoms with van der Waals surface area (Å²) in [6, 6.07) is 7.60. The van der Waals surface area contributed by atoms with E-state index in [0.717, 1.165) is 17.4 Å². The third-order valence-corrected chi connectivity index (χ3v) is 3.00. The van der Waals surface area contributed by atoms with Crippen LogP contribution in [-0.4, -0.2) is 24.9 Å². The molecule has 96 valence electrons. The molecule has 0 radical (unpaired) electrons. The Morgan fingerprint density at radius 3 is 2.67 bits per heavy atom. The van der Waals surface area contributed by atoms with Crippen LogP contribution in [0.5, 0.6) is 0 Å². The Bertz CT molecular complexity index is 649. The van der Waals surface area contributed by atoms with Crippen molar-refractivity contribution in [2.45, 2.75) is 13.5 Å². The maximum atomic E-state index is 10.9. The van der Waals surface area contributed by atoms with E-state index in [4.69, 9.17) is 4.42 Å². The van der Waals surface area contributed by atoms with Gasteiger partial charge in [0.25, 0.3) is 0 Å². The topological polar surface area (TPSA) is 85.1 Å². The lowest BCUT2D eigenvalue weighted by Gasteiger charge is -1.99. The second-order valence-corrected chi connectivity index (χ2v) is 5.74. The van der Waals surface area contributed by atoms with E-state index in [1.54, 1.807) is 0 Å². The fourth-order valence-corrected chi connectivity index (χ4v) is 1.83. The van der Waals surface area contributed by atoms with Crippen molar-refractivity contribution in [3.63, 3.8) is 0 Å². The Morgan fingerprint density at radius 2 is 2.00 bits per heavy atom. The van der Waals surface area contributed by atoms with Crippen molar-refractivity contribution in [2.24, 2.45) is 0 Å². The molecule has 1 N–H and O–H groups in total. The van der Waals surface area contributed by atoms with Gasteiger partial charge in [-0.05, 0) is 18.6 Å². The van der Waals surface area contributed by atoms with Gasteiger partial charge in [0, 0.05) is 5.56 Å². The monoisotopic (exact) mass is 267 g/mol. The normalized spacial score (nSPS) is 11.7. The molecule has 7 heteroatoms. The summed E-state index contributed by atoms with van der Waals surface area (Å²) in [7, 11) is -3.26. The van der Waals surface area contributed by atoms with Crippen LogP contribution in [0.2, 0.25) is 0 Å². The number of aromatic nitrogens is 2. The largest absolute Gasteiger partial charge is 0.419 e. The van der Waals surface area contributed by atoms with E-state index in [0.29, 0.717) is 5.89 Å². The summed E-state index contributed by atoms with van der Waals surface area (Å²) in [4.78, 5) is 0. The van der Waals surface area contributed by atoms with Gasteiger partial charge in [-0.25, -0.2) is 13.1 Å². The molecule has 0 aliphatic rings. The van der Waals surface area contributed by atoms with Crippen molar-refractivity contribution in [1.29, 1.82) is 0 Å². The van der Waals surface area contributed by atoms with Crippen LogP contribution in [0.15, 0.2) is 28.7 Å². The second-order valence-electron chi connectivity index (χ2n) is 3.91. The number of benzene rings is 1. The van der Waals surface area contributed by atoms with E-state index in [9.17, 15) is 8.42 Å². The van der Waals surface area contributed by atoms with E-state index in [1.165, 1.54) is 0 Å². The molecular formula is C11H13N3O3S. The molecule has 0 aliphatic carbocycles. The zero-order valence-corrected chi connectivity index (χ0v) is 10.9. The van der Waals surface area contributed by atoms with Crippen LogP contribution in [0.4, 0.5) is 0 Å². The predicted molar refractivity (Wildman–Crippen MR) is 66.2 cm³/mol. The third kappa shape index (κ3) is 3.14. The molecule has 0 bridgehead atoms. The highest BCUT2D eigenvalue weighted by atomic mass is 32.2. The predicted octanol–water partition coefficient (Wildman–Crippen LogP) is 1.09. The fourth-order valence-electron chi connectivity index (χ4n) is 1.44. The van der Waals surface area contributed by atoms with E-state index in [-0.39, 0.29) is 12.4 Å².